The molecule has 4 aliphatic heterocycles. The number of hydrogen-bond acceptors (Lipinski definition) is 7. The van der Waals surface area contributed by atoms with Crippen LogP contribution in [-0.2, 0) is 4.79 Å². The average Bonchev–Trinajstić information content (AvgIpc) is 2.51. The highest BCUT2D eigenvalue weighted by molar-refractivity contribution is 5.77. The minimum absolute atomic E-state index is 0.303. The minimum atomic E-state index is -4.69. The molecule has 0 aromatic carbocycles. The quantitative estimate of drug-likeness (QED) is 0.470. The van der Waals surface area contributed by atoms with Crippen molar-refractivity contribution in [2.24, 2.45) is 11.8 Å². The van der Waals surface area contributed by atoms with Gasteiger partial charge < -0.3 is 10.0 Å². The Balaban J connectivity index is 0.000000300. The van der Waals surface area contributed by atoms with E-state index in [1.165, 1.54) is 19.3 Å². The minimum Gasteiger partial charge on any atom is -0.378 e. The molecule has 9 heteroatoms. The van der Waals surface area contributed by atoms with Crippen LogP contribution in [0.3, 0.4) is 0 Å². The Bertz CT molecular complexity index is 467. The molecule has 0 aromatic rings. The highest BCUT2D eigenvalue weighted by atomic mass is 35.7. The number of rotatable bonds is 0. The van der Waals surface area contributed by atoms with Crippen LogP contribution in [0, 0.1) is 22.1 Å². The van der Waals surface area contributed by atoms with Crippen molar-refractivity contribution in [2.75, 3.05) is 13.1 Å². The van der Waals surface area contributed by atoms with Crippen molar-refractivity contribution >= 4 is 5.91 Å². The van der Waals surface area contributed by atoms with Crippen molar-refractivity contribution in [3.05, 3.63) is 0 Å². The van der Waals surface area contributed by atoms with Crippen LogP contribution in [0.1, 0.15) is 44.9 Å². The summed E-state index contributed by atoms with van der Waals surface area (Å²) in [4.78, 5) is 16.6. The Hall–Kier alpha value is -0.480. The monoisotopic (exact) mass is 364 g/mol. The first-order chi connectivity index (χ1) is 11.3. The van der Waals surface area contributed by atoms with Crippen LogP contribution in [0.2, 0.25) is 0 Å². The number of aliphatic hydroxyl groups excluding tert-OH is 1. The summed E-state index contributed by atoms with van der Waals surface area (Å²) in [7, 11) is -4.69. The number of halogens is 1. The van der Waals surface area contributed by atoms with E-state index in [2.05, 4.69) is 9.80 Å². The predicted molar refractivity (Wildman–Crippen MR) is 73.5 cm³/mol. The Morgan fingerprint density at radius 2 is 1.75 bits per heavy atom. The third-order valence-corrected chi connectivity index (χ3v) is 5.97. The van der Waals surface area contributed by atoms with Crippen LogP contribution < -0.4 is 14.0 Å². The van der Waals surface area contributed by atoms with E-state index in [1.807, 2.05) is 0 Å². The van der Waals surface area contributed by atoms with E-state index in [1.54, 1.807) is 0 Å². The first kappa shape index (κ1) is 18.3. The van der Waals surface area contributed by atoms with Crippen LogP contribution in [0.5, 0.6) is 0 Å². The summed E-state index contributed by atoms with van der Waals surface area (Å²) in [6, 6.07) is 0.839. The van der Waals surface area contributed by atoms with Gasteiger partial charge in [0.05, 0.1) is 14.9 Å². The van der Waals surface area contributed by atoms with Gasteiger partial charge >= 0.3 is 0 Å². The van der Waals surface area contributed by atoms with Gasteiger partial charge in [0.2, 0.25) is 5.91 Å². The average molecular weight is 365 g/mol. The summed E-state index contributed by atoms with van der Waals surface area (Å²) in [5.41, 5.74) is 0. The zero-order chi connectivity index (χ0) is 17.5. The smallest absolute Gasteiger partial charge is 0.222 e. The molecule has 0 aliphatic carbocycles. The van der Waals surface area contributed by atoms with Crippen molar-refractivity contribution in [2.45, 2.75) is 63.3 Å². The third kappa shape index (κ3) is 3.85. The molecule has 0 saturated carbocycles. The molecule has 2 N–H and O–H groups in total. The van der Waals surface area contributed by atoms with Gasteiger partial charge in [0.25, 0.3) is 0 Å². The molecular formula is C15H25ClN2O6. The summed E-state index contributed by atoms with van der Waals surface area (Å²) >= 11 is 0. The molecule has 0 aromatic heterocycles. The molecule has 4 heterocycles. The molecule has 1 amide bonds. The van der Waals surface area contributed by atoms with E-state index in [0.717, 1.165) is 38.8 Å². The molecule has 4 fully saturated rings. The number of fused-ring (bicyclic) bond motifs is 6. The molecule has 4 rings (SSSR count). The highest BCUT2D eigenvalue weighted by Crippen LogP contribution is 2.45. The molecule has 24 heavy (non-hydrogen) atoms. The van der Waals surface area contributed by atoms with E-state index in [4.69, 9.17) is 18.6 Å². The standard InChI is InChI=1S/C15H24N2O2.ClHO4/c18-14-6-3-5-13-11-8-10(9-17(13)14)12-4-1-2-7-16(12)15(11)19;2-1(3,4)5/h10-13,15,19H,1-9H2;(H,2,3,4,5)/t10-,11+,12-,13+,15?;/m0./s1. The zero-order valence-electron chi connectivity index (χ0n) is 13.6. The molecule has 5 atom stereocenters. The predicted octanol–water partition coefficient (Wildman–Crippen LogP) is -2.93. The molecule has 1 unspecified atom stereocenters. The van der Waals surface area contributed by atoms with Gasteiger partial charge in [-0.1, -0.05) is 6.42 Å². The Labute approximate surface area is 143 Å². The van der Waals surface area contributed by atoms with Gasteiger partial charge in [-0.15, -0.1) is 0 Å². The number of carbonyl (C=O) groups is 1. The second-order valence-electron chi connectivity index (χ2n) is 7.28. The second kappa shape index (κ2) is 7.03. The molecule has 8 nitrogen and oxygen atoms in total. The van der Waals surface area contributed by atoms with Gasteiger partial charge in [-0.05, 0) is 38.0 Å². The first-order valence-electron chi connectivity index (χ1n) is 8.62. The number of piperidine rings is 4. The fourth-order valence-electron chi connectivity index (χ4n) is 5.12. The van der Waals surface area contributed by atoms with Crippen LogP contribution in [0.15, 0.2) is 0 Å². The normalized spacial score (nSPS) is 39.5. The lowest BCUT2D eigenvalue weighted by atomic mass is 9.70. The van der Waals surface area contributed by atoms with Crippen LogP contribution >= 0.6 is 0 Å². The van der Waals surface area contributed by atoms with E-state index in [-0.39, 0.29) is 6.23 Å². The number of amides is 1. The summed E-state index contributed by atoms with van der Waals surface area (Å²) in [6.45, 7) is 2.01. The van der Waals surface area contributed by atoms with Crippen molar-refractivity contribution < 1.29 is 38.8 Å². The van der Waals surface area contributed by atoms with Gasteiger partial charge in [0, 0.05) is 37.5 Å². The number of hydrogen-bond donors (Lipinski definition) is 2. The van der Waals surface area contributed by atoms with Crippen LogP contribution in [0.4, 0.5) is 0 Å². The topological polar surface area (TPSA) is 133 Å². The van der Waals surface area contributed by atoms with Gasteiger partial charge in [0.1, 0.15) is 6.23 Å². The molecule has 4 saturated heterocycles. The third-order valence-electron chi connectivity index (χ3n) is 5.97. The maximum atomic E-state index is 12.2. The van der Waals surface area contributed by atoms with Crippen LogP contribution in [-0.4, -0.2) is 56.9 Å². The molecule has 0 radical (unpaired) electrons. The van der Waals surface area contributed by atoms with E-state index in [0.29, 0.717) is 29.8 Å². The van der Waals surface area contributed by atoms with E-state index >= 15 is 0 Å². The van der Waals surface area contributed by atoms with Crippen molar-refractivity contribution in [3.63, 3.8) is 0 Å². The summed E-state index contributed by atoms with van der Waals surface area (Å²) in [5.74, 6) is 1.24. The maximum absolute atomic E-state index is 12.2. The number of nitrogens with zero attached hydrogens (tertiary/aromatic N) is 2. The zero-order valence-corrected chi connectivity index (χ0v) is 14.3. The van der Waals surface area contributed by atoms with Crippen molar-refractivity contribution in [1.82, 2.24) is 9.80 Å². The second-order valence-corrected chi connectivity index (χ2v) is 8.07. The lowest BCUT2D eigenvalue weighted by Crippen LogP contribution is -2.68. The summed E-state index contributed by atoms with van der Waals surface area (Å²) < 4.78 is 32.7. The van der Waals surface area contributed by atoms with Crippen molar-refractivity contribution in [1.29, 1.82) is 0 Å². The Kier molecular flexibility index (Phi) is 5.36. The largest absolute Gasteiger partial charge is 0.378 e. The van der Waals surface area contributed by atoms with Crippen molar-refractivity contribution in [3.8, 4) is 0 Å². The molecule has 0 spiro atoms. The van der Waals surface area contributed by atoms with Gasteiger partial charge in [0.15, 0.2) is 0 Å². The fraction of sp³-hybridized carbons (Fsp3) is 0.933. The van der Waals surface area contributed by atoms with E-state index < -0.39 is 10.2 Å². The molecule has 138 valence electrons. The fourth-order valence-corrected chi connectivity index (χ4v) is 5.12. The van der Waals surface area contributed by atoms with Gasteiger partial charge in [-0.3, -0.25) is 9.69 Å². The lowest BCUT2D eigenvalue weighted by molar-refractivity contribution is -1.92. The maximum Gasteiger partial charge on any atom is 0.222 e. The number of carbonyl (C=O) groups excluding carboxylic acids is 1. The first-order valence-corrected chi connectivity index (χ1v) is 9.88. The van der Waals surface area contributed by atoms with Gasteiger partial charge in [-0.2, -0.15) is 14.0 Å². The number of aliphatic hydroxyl groups is 1. The van der Waals surface area contributed by atoms with Crippen LogP contribution in [0.25, 0.3) is 0 Å². The summed E-state index contributed by atoms with van der Waals surface area (Å²) in [6.07, 6.45) is 7.38. The Morgan fingerprint density at radius 1 is 1.08 bits per heavy atom. The lowest BCUT2D eigenvalue weighted by Gasteiger charge is -2.58. The molecule has 2 bridgehead atoms. The summed E-state index contributed by atoms with van der Waals surface area (Å²) in [5, 5.41) is 10.7. The molecule has 4 aliphatic rings. The highest BCUT2D eigenvalue weighted by Gasteiger charge is 2.52. The SMILES string of the molecule is O=C1CCC[C@@H]2[C@H]3C[C@@H](CN12)[C@@H]1CCCCN1C3O.[O-][Cl+3]([O-])([O-])O. The van der Waals surface area contributed by atoms with Gasteiger partial charge in [-0.25, -0.2) is 0 Å². The van der Waals surface area contributed by atoms with E-state index in [9.17, 15) is 9.90 Å². The molecular weight excluding hydrogens is 340 g/mol. The Morgan fingerprint density at radius 3 is 2.46 bits per heavy atom.